The Bertz CT molecular complexity index is 558. The maximum atomic E-state index is 13.2. The van der Waals surface area contributed by atoms with E-state index in [0.29, 0.717) is 0 Å². The summed E-state index contributed by atoms with van der Waals surface area (Å²) in [6.07, 6.45) is 2.01. The second-order valence-corrected chi connectivity index (χ2v) is 5.55. The van der Waals surface area contributed by atoms with E-state index in [1.54, 1.807) is 17.8 Å². The lowest BCUT2D eigenvalue weighted by atomic mass is 10.1. The Morgan fingerprint density at radius 1 is 1.05 bits per heavy atom. The normalized spacial score (nSPS) is 10.6. The molecule has 100 valence electrons. The van der Waals surface area contributed by atoms with Crippen molar-refractivity contribution in [1.82, 2.24) is 0 Å². The molecule has 2 aromatic carbocycles. The molecular formula is C15H17FN2S. The molecule has 4 N–H and O–H groups in total. The molecule has 2 nitrogen and oxygen atoms in total. The quantitative estimate of drug-likeness (QED) is 0.497. The SMILES string of the molecule is Nc1cccc(CCCSc2ccc(N)c(F)c2)c1. The number of benzene rings is 2. The minimum Gasteiger partial charge on any atom is -0.399 e. The molecule has 0 saturated heterocycles. The Morgan fingerprint density at radius 3 is 2.63 bits per heavy atom. The molecule has 0 fully saturated rings. The standard InChI is InChI=1S/C15H17FN2S/c16-14-10-13(6-7-15(14)18)19-8-2-4-11-3-1-5-12(17)9-11/h1,3,5-7,9-10H,2,4,8,17-18H2. The van der Waals surface area contributed by atoms with Gasteiger partial charge in [-0.25, -0.2) is 4.39 Å². The van der Waals surface area contributed by atoms with E-state index >= 15 is 0 Å². The van der Waals surface area contributed by atoms with Crippen molar-refractivity contribution >= 4 is 23.1 Å². The number of anilines is 2. The molecule has 0 atom stereocenters. The van der Waals surface area contributed by atoms with Gasteiger partial charge in [-0.15, -0.1) is 11.8 Å². The van der Waals surface area contributed by atoms with E-state index in [1.165, 1.54) is 11.6 Å². The first kappa shape index (κ1) is 13.7. The number of halogens is 1. The van der Waals surface area contributed by atoms with Gasteiger partial charge in [-0.05, 0) is 54.5 Å². The maximum Gasteiger partial charge on any atom is 0.147 e. The van der Waals surface area contributed by atoms with Crippen LogP contribution in [0.15, 0.2) is 47.4 Å². The molecular weight excluding hydrogens is 259 g/mol. The topological polar surface area (TPSA) is 52.0 Å². The van der Waals surface area contributed by atoms with E-state index in [-0.39, 0.29) is 11.5 Å². The molecule has 0 spiro atoms. The van der Waals surface area contributed by atoms with Crippen molar-refractivity contribution in [3.05, 3.63) is 53.8 Å². The van der Waals surface area contributed by atoms with Crippen LogP contribution in [0.5, 0.6) is 0 Å². The van der Waals surface area contributed by atoms with Gasteiger partial charge in [-0.3, -0.25) is 0 Å². The van der Waals surface area contributed by atoms with Crippen LogP contribution < -0.4 is 11.5 Å². The fourth-order valence-electron chi connectivity index (χ4n) is 1.81. The summed E-state index contributed by atoms with van der Waals surface area (Å²) in [6, 6.07) is 12.9. The Hall–Kier alpha value is -1.68. The summed E-state index contributed by atoms with van der Waals surface area (Å²) in [5.74, 6) is 0.596. The van der Waals surface area contributed by atoms with Crippen molar-refractivity contribution in [2.24, 2.45) is 0 Å². The number of thioether (sulfide) groups is 1. The molecule has 0 saturated carbocycles. The van der Waals surface area contributed by atoms with Crippen LogP contribution in [0.3, 0.4) is 0 Å². The summed E-state index contributed by atoms with van der Waals surface area (Å²) in [5, 5.41) is 0. The third-order valence-electron chi connectivity index (χ3n) is 2.80. The summed E-state index contributed by atoms with van der Waals surface area (Å²) in [7, 11) is 0. The van der Waals surface area contributed by atoms with Gasteiger partial charge in [-0.1, -0.05) is 12.1 Å². The minimum absolute atomic E-state index is 0.198. The maximum absolute atomic E-state index is 13.2. The molecule has 0 bridgehead atoms. The fourth-order valence-corrected chi connectivity index (χ4v) is 2.69. The first-order valence-corrected chi connectivity index (χ1v) is 7.16. The van der Waals surface area contributed by atoms with Gasteiger partial charge in [-0.2, -0.15) is 0 Å². The highest BCUT2D eigenvalue weighted by Gasteiger charge is 2.01. The molecule has 0 aliphatic rings. The van der Waals surface area contributed by atoms with E-state index in [9.17, 15) is 4.39 Å². The van der Waals surface area contributed by atoms with E-state index in [2.05, 4.69) is 6.07 Å². The molecule has 0 aliphatic heterocycles. The van der Waals surface area contributed by atoms with Crippen LogP contribution in [0.2, 0.25) is 0 Å². The first-order chi connectivity index (χ1) is 9.15. The number of nitrogens with two attached hydrogens (primary N) is 2. The third-order valence-corrected chi connectivity index (χ3v) is 3.88. The summed E-state index contributed by atoms with van der Waals surface area (Å²) in [6.45, 7) is 0. The Kier molecular flexibility index (Phi) is 4.68. The van der Waals surface area contributed by atoms with Crippen LogP contribution in [0.25, 0.3) is 0 Å². The van der Waals surface area contributed by atoms with Crippen molar-refractivity contribution < 1.29 is 4.39 Å². The van der Waals surface area contributed by atoms with Crippen LogP contribution in [0.1, 0.15) is 12.0 Å². The zero-order valence-corrected chi connectivity index (χ0v) is 11.4. The summed E-state index contributed by atoms with van der Waals surface area (Å²) >= 11 is 1.64. The van der Waals surface area contributed by atoms with Gasteiger partial charge in [0.1, 0.15) is 5.82 Å². The predicted molar refractivity (Wildman–Crippen MR) is 80.7 cm³/mol. The number of nitrogen functional groups attached to an aromatic ring is 2. The number of hydrogen-bond donors (Lipinski definition) is 2. The molecule has 0 aliphatic carbocycles. The lowest BCUT2D eigenvalue weighted by molar-refractivity contribution is 0.629. The molecule has 2 rings (SSSR count). The minimum atomic E-state index is -0.346. The first-order valence-electron chi connectivity index (χ1n) is 6.17. The summed E-state index contributed by atoms with van der Waals surface area (Å²) in [4.78, 5) is 0.916. The highest BCUT2D eigenvalue weighted by Crippen LogP contribution is 2.23. The second-order valence-electron chi connectivity index (χ2n) is 4.38. The van der Waals surface area contributed by atoms with E-state index in [4.69, 9.17) is 11.5 Å². The number of rotatable bonds is 5. The highest BCUT2D eigenvalue weighted by atomic mass is 32.2. The third kappa shape index (κ3) is 4.17. The lowest BCUT2D eigenvalue weighted by Gasteiger charge is -2.04. The van der Waals surface area contributed by atoms with Crippen LogP contribution in [-0.4, -0.2) is 5.75 Å². The smallest absolute Gasteiger partial charge is 0.147 e. The Balaban J connectivity index is 1.79. The summed E-state index contributed by atoms with van der Waals surface area (Å²) < 4.78 is 13.2. The van der Waals surface area contributed by atoms with Crippen molar-refractivity contribution in [1.29, 1.82) is 0 Å². The molecule has 0 amide bonds. The van der Waals surface area contributed by atoms with Crippen molar-refractivity contribution in [2.75, 3.05) is 17.2 Å². The molecule has 0 unspecified atom stereocenters. The average Bonchev–Trinajstić information content (AvgIpc) is 2.39. The van der Waals surface area contributed by atoms with Gasteiger partial charge < -0.3 is 11.5 Å². The van der Waals surface area contributed by atoms with Crippen molar-refractivity contribution in [3.63, 3.8) is 0 Å². The number of aryl methyl sites for hydroxylation is 1. The molecule has 4 heteroatoms. The van der Waals surface area contributed by atoms with Crippen molar-refractivity contribution in [2.45, 2.75) is 17.7 Å². The van der Waals surface area contributed by atoms with Gasteiger partial charge in [0.15, 0.2) is 0 Å². The van der Waals surface area contributed by atoms with Gasteiger partial charge >= 0.3 is 0 Å². The monoisotopic (exact) mass is 276 g/mol. The number of hydrogen-bond acceptors (Lipinski definition) is 3. The zero-order chi connectivity index (χ0) is 13.7. The average molecular weight is 276 g/mol. The van der Waals surface area contributed by atoms with Crippen molar-refractivity contribution in [3.8, 4) is 0 Å². The van der Waals surface area contributed by atoms with Crippen LogP contribution in [0, 0.1) is 5.82 Å². The molecule has 0 aromatic heterocycles. The lowest BCUT2D eigenvalue weighted by Crippen LogP contribution is -1.92. The Morgan fingerprint density at radius 2 is 1.89 bits per heavy atom. The highest BCUT2D eigenvalue weighted by molar-refractivity contribution is 7.99. The largest absolute Gasteiger partial charge is 0.399 e. The zero-order valence-electron chi connectivity index (χ0n) is 10.6. The second kappa shape index (κ2) is 6.48. The summed E-state index contributed by atoms with van der Waals surface area (Å²) in [5.41, 5.74) is 13.4. The molecule has 0 radical (unpaired) electrons. The molecule has 0 heterocycles. The van der Waals surface area contributed by atoms with Gasteiger partial charge in [0.25, 0.3) is 0 Å². The van der Waals surface area contributed by atoms with E-state index in [0.717, 1.165) is 29.2 Å². The van der Waals surface area contributed by atoms with E-state index in [1.807, 2.05) is 24.3 Å². The molecule has 2 aromatic rings. The van der Waals surface area contributed by atoms with Crippen LogP contribution in [-0.2, 0) is 6.42 Å². The predicted octanol–water partition coefficient (Wildman–Crippen LogP) is 3.72. The fraction of sp³-hybridized carbons (Fsp3) is 0.200. The van der Waals surface area contributed by atoms with Gasteiger partial charge in [0.05, 0.1) is 5.69 Å². The van der Waals surface area contributed by atoms with Gasteiger partial charge in [0.2, 0.25) is 0 Å². The Labute approximate surface area is 117 Å². The molecule has 19 heavy (non-hydrogen) atoms. The van der Waals surface area contributed by atoms with E-state index < -0.39 is 0 Å². The van der Waals surface area contributed by atoms with Gasteiger partial charge in [0, 0.05) is 10.6 Å². The van der Waals surface area contributed by atoms with Crippen LogP contribution in [0.4, 0.5) is 15.8 Å². The van der Waals surface area contributed by atoms with Crippen LogP contribution >= 0.6 is 11.8 Å².